The van der Waals surface area contributed by atoms with E-state index in [1.807, 2.05) is 24.3 Å². The van der Waals surface area contributed by atoms with Gasteiger partial charge in [-0.2, -0.15) is 0 Å². The molecule has 4 heteroatoms. The van der Waals surface area contributed by atoms with E-state index in [2.05, 4.69) is 48.5 Å². The molecule has 11 atom stereocenters. The van der Waals surface area contributed by atoms with Gasteiger partial charge in [-0.25, -0.2) is 4.79 Å². The maximum Gasteiger partial charge on any atom is 0.338 e. The van der Waals surface area contributed by atoms with Crippen molar-refractivity contribution in [2.75, 3.05) is 0 Å². The quantitative estimate of drug-likeness (QED) is 0.324. The Kier molecular flexibility index (Phi) is 8.65. The van der Waals surface area contributed by atoms with E-state index >= 15 is 0 Å². The summed E-state index contributed by atoms with van der Waals surface area (Å²) in [4.78, 5) is 26.9. The van der Waals surface area contributed by atoms with E-state index in [-0.39, 0.29) is 52.5 Å². The van der Waals surface area contributed by atoms with Gasteiger partial charge in [0.2, 0.25) is 0 Å². The largest absolute Gasteiger partial charge is 0.458 e. The second-order valence-electron chi connectivity index (χ2n) is 15.1. The van der Waals surface area contributed by atoms with Crippen LogP contribution in [0.4, 0.5) is 0 Å². The summed E-state index contributed by atoms with van der Waals surface area (Å²) in [5, 5.41) is 11.4. The average molecular weight is 563 g/mol. The Morgan fingerprint density at radius 3 is 2.32 bits per heavy atom. The number of allylic oxidation sites excluding steroid dienone is 2. The highest BCUT2D eigenvalue weighted by Crippen LogP contribution is 2.67. The van der Waals surface area contributed by atoms with Gasteiger partial charge in [-0.1, -0.05) is 78.7 Å². The second-order valence-corrected chi connectivity index (χ2v) is 15.1. The van der Waals surface area contributed by atoms with Crippen LogP contribution in [0.5, 0.6) is 0 Å². The minimum absolute atomic E-state index is 0.000938. The first-order valence-electron chi connectivity index (χ1n) is 16.6. The molecule has 0 bridgehead atoms. The van der Waals surface area contributed by atoms with Crippen LogP contribution in [0.25, 0.3) is 0 Å². The zero-order valence-electron chi connectivity index (χ0n) is 26.6. The van der Waals surface area contributed by atoms with Gasteiger partial charge in [-0.15, -0.1) is 0 Å². The van der Waals surface area contributed by atoms with Gasteiger partial charge in [-0.05, 0) is 109 Å². The molecule has 1 aromatic carbocycles. The summed E-state index contributed by atoms with van der Waals surface area (Å²) in [6, 6.07) is 9.19. The van der Waals surface area contributed by atoms with E-state index in [4.69, 9.17) is 4.74 Å². The van der Waals surface area contributed by atoms with Crippen molar-refractivity contribution in [1.82, 2.24) is 0 Å². The number of hydrogen-bond acceptors (Lipinski definition) is 4. The van der Waals surface area contributed by atoms with Crippen molar-refractivity contribution in [2.45, 2.75) is 112 Å². The molecule has 0 aliphatic heterocycles. The van der Waals surface area contributed by atoms with Crippen molar-refractivity contribution in [2.24, 2.45) is 58.2 Å². The Balaban J connectivity index is 1.34. The number of benzene rings is 1. The van der Waals surface area contributed by atoms with Gasteiger partial charge < -0.3 is 9.84 Å². The Bertz CT molecular complexity index is 1140. The molecule has 4 aliphatic rings. The highest BCUT2D eigenvalue weighted by atomic mass is 16.5. The minimum Gasteiger partial charge on any atom is -0.458 e. The van der Waals surface area contributed by atoms with Crippen LogP contribution < -0.4 is 0 Å². The summed E-state index contributed by atoms with van der Waals surface area (Å²) in [6.07, 6.45) is 9.84. The molecule has 0 aromatic heterocycles. The molecule has 4 nitrogen and oxygen atoms in total. The van der Waals surface area contributed by atoms with E-state index in [9.17, 15) is 14.7 Å². The Morgan fingerprint density at radius 2 is 1.66 bits per heavy atom. The molecule has 0 amide bonds. The van der Waals surface area contributed by atoms with Gasteiger partial charge in [0.1, 0.15) is 6.10 Å². The number of esters is 1. The normalized spacial score (nSPS) is 38.8. The highest BCUT2D eigenvalue weighted by Gasteiger charge is 2.61. The fourth-order valence-electron chi connectivity index (χ4n) is 10.4. The Morgan fingerprint density at radius 1 is 1.00 bits per heavy atom. The fraction of sp³-hybridized carbons (Fsp3) is 0.730. The molecule has 4 aliphatic carbocycles. The van der Waals surface area contributed by atoms with Gasteiger partial charge in [-0.3, -0.25) is 4.79 Å². The number of fused-ring (bicyclic) bond motifs is 5. The molecule has 0 radical (unpaired) electrons. The predicted molar refractivity (Wildman–Crippen MR) is 164 cm³/mol. The minimum atomic E-state index is -0.286. The van der Waals surface area contributed by atoms with Crippen molar-refractivity contribution in [1.29, 1.82) is 0 Å². The monoisotopic (exact) mass is 562 g/mol. The third kappa shape index (κ3) is 5.25. The van der Waals surface area contributed by atoms with Crippen molar-refractivity contribution >= 4 is 11.8 Å². The van der Waals surface area contributed by atoms with E-state index < -0.39 is 0 Å². The number of aliphatic hydroxyl groups is 1. The number of hydrogen-bond donors (Lipinski definition) is 1. The summed E-state index contributed by atoms with van der Waals surface area (Å²) in [5.74, 6) is 2.61. The van der Waals surface area contributed by atoms with Crippen LogP contribution in [0.1, 0.15) is 110 Å². The topological polar surface area (TPSA) is 63.6 Å². The Labute approximate surface area is 248 Å². The summed E-state index contributed by atoms with van der Waals surface area (Å²) in [6.45, 7) is 16.1. The van der Waals surface area contributed by atoms with E-state index in [1.165, 1.54) is 12.0 Å². The maximum atomic E-state index is 14.0. The van der Waals surface area contributed by atoms with Gasteiger partial charge in [0, 0.05) is 11.8 Å². The lowest BCUT2D eigenvalue weighted by molar-refractivity contribution is -0.140. The lowest BCUT2D eigenvalue weighted by Crippen LogP contribution is -2.56. The number of ketones is 1. The third-order valence-corrected chi connectivity index (χ3v) is 12.9. The van der Waals surface area contributed by atoms with E-state index in [0.717, 1.165) is 44.9 Å². The van der Waals surface area contributed by atoms with Crippen molar-refractivity contribution in [3.8, 4) is 0 Å². The second kappa shape index (κ2) is 11.6. The highest BCUT2D eigenvalue weighted by molar-refractivity contribution is 5.95. The molecule has 1 aromatic rings. The Hall–Kier alpha value is -1.94. The number of carbonyl (C=O) groups is 2. The van der Waals surface area contributed by atoms with E-state index in [1.54, 1.807) is 12.1 Å². The van der Waals surface area contributed by atoms with Crippen molar-refractivity contribution < 1.29 is 19.4 Å². The van der Waals surface area contributed by atoms with Crippen molar-refractivity contribution in [3.63, 3.8) is 0 Å². The molecule has 3 saturated carbocycles. The summed E-state index contributed by atoms with van der Waals surface area (Å²) in [5.41, 5.74) is 2.03. The predicted octanol–water partition coefficient (Wildman–Crippen LogP) is 8.29. The SMILES string of the molecule is CC[C@H](CC(O)[C@@H](C)[C@H]1CC[C@H]2C3=CC(=O)C4C(C)C(OC(=O)c5ccccc5)CC[C@]4(C)[C@H]3CC[C@]12C)C(C)C. The number of aliphatic hydroxyl groups excluding tert-OH is 1. The summed E-state index contributed by atoms with van der Waals surface area (Å²) < 4.78 is 6.03. The third-order valence-electron chi connectivity index (χ3n) is 12.9. The maximum absolute atomic E-state index is 14.0. The van der Waals surface area contributed by atoms with Crippen molar-refractivity contribution in [3.05, 3.63) is 47.5 Å². The molecule has 0 saturated heterocycles. The number of rotatable bonds is 8. The molecule has 3 fully saturated rings. The standard InChI is InChI=1S/C37H54O4/c1-8-25(22(2)3)20-31(38)23(4)28-14-15-29-27-21-32(39)34-24(5)33(41-35(40)26-12-10-9-11-13-26)17-19-37(34,7)30(27)16-18-36(28,29)6/h9-13,21-25,28-31,33-34,38H,8,14-20H2,1-7H3/t23-,24?,25+,28+,29-,30-,31?,33?,34?,36+,37+/m0/s1. The molecule has 5 rings (SSSR count). The number of carbonyl (C=O) groups excluding carboxylic acids is 2. The summed E-state index contributed by atoms with van der Waals surface area (Å²) in [7, 11) is 0. The molecule has 1 N–H and O–H groups in total. The smallest absolute Gasteiger partial charge is 0.338 e. The van der Waals surface area contributed by atoms with Gasteiger partial charge in [0.25, 0.3) is 0 Å². The van der Waals surface area contributed by atoms with Crippen LogP contribution in [-0.2, 0) is 9.53 Å². The molecular formula is C37H54O4. The first-order chi connectivity index (χ1) is 19.4. The van der Waals surface area contributed by atoms with Crippen LogP contribution >= 0.6 is 0 Å². The van der Waals surface area contributed by atoms with Crippen LogP contribution in [0, 0.1) is 58.2 Å². The molecular weight excluding hydrogens is 508 g/mol. The lowest BCUT2D eigenvalue weighted by atomic mass is 9.46. The number of ether oxygens (including phenoxy) is 1. The molecule has 0 heterocycles. The average Bonchev–Trinajstić information content (AvgIpc) is 3.30. The van der Waals surface area contributed by atoms with Crippen LogP contribution in [0.3, 0.4) is 0 Å². The zero-order chi connectivity index (χ0) is 29.7. The lowest BCUT2D eigenvalue weighted by Gasteiger charge is -2.58. The molecule has 4 unspecified atom stereocenters. The zero-order valence-corrected chi connectivity index (χ0v) is 26.6. The van der Waals surface area contributed by atoms with Crippen LogP contribution in [0.2, 0.25) is 0 Å². The summed E-state index contributed by atoms with van der Waals surface area (Å²) >= 11 is 0. The first kappa shape index (κ1) is 30.5. The van der Waals surface area contributed by atoms with Gasteiger partial charge >= 0.3 is 5.97 Å². The van der Waals surface area contributed by atoms with Gasteiger partial charge in [0.15, 0.2) is 5.78 Å². The molecule has 0 spiro atoms. The molecule has 41 heavy (non-hydrogen) atoms. The van der Waals surface area contributed by atoms with Crippen LogP contribution in [0.15, 0.2) is 42.0 Å². The van der Waals surface area contributed by atoms with Gasteiger partial charge in [0.05, 0.1) is 11.7 Å². The van der Waals surface area contributed by atoms with Crippen LogP contribution in [-0.4, -0.2) is 29.1 Å². The fourth-order valence-corrected chi connectivity index (χ4v) is 10.4. The molecule has 226 valence electrons. The van der Waals surface area contributed by atoms with E-state index in [0.29, 0.717) is 35.2 Å². The first-order valence-corrected chi connectivity index (χ1v) is 16.6.